The van der Waals surface area contributed by atoms with E-state index in [4.69, 9.17) is 5.73 Å². The molecule has 110 valence electrons. The molecule has 2 aromatic heterocycles. The number of hydrogen-bond acceptors (Lipinski definition) is 6. The van der Waals surface area contributed by atoms with Crippen LogP contribution >= 0.6 is 0 Å². The van der Waals surface area contributed by atoms with Crippen molar-refractivity contribution in [1.82, 2.24) is 15.0 Å². The molecule has 2 N–H and O–H groups in total. The highest BCUT2D eigenvalue weighted by molar-refractivity contribution is 5.42. The minimum absolute atomic E-state index is 0.534. The summed E-state index contributed by atoms with van der Waals surface area (Å²) in [6.45, 7) is 6.19. The Morgan fingerprint density at radius 2 is 1.62 bits per heavy atom. The molecule has 3 rings (SSSR count). The van der Waals surface area contributed by atoms with Gasteiger partial charge >= 0.3 is 0 Å². The van der Waals surface area contributed by atoms with Crippen molar-refractivity contribution in [2.75, 3.05) is 36.0 Å². The van der Waals surface area contributed by atoms with Crippen LogP contribution in [-0.4, -0.2) is 41.1 Å². The molecule has 1 aliphatic rings. The molecular weight excluding hydrogens is 264 g/mol. The number of nitrogens with two attached hydrogens (primary N) is 1. The molecule has 1 saturated heterocycles. The van der Waals surface area contributed by atoms with Gasteiger partial charge in [0, 0.05) is 51.3 Å². The Hall–Kier alpha value is -2.21. The molecule has 0 spiro atoms. The molecule has 0 atom stereocenters. The zero-order chi connectivity index (χ0) is 14.7. The number of piperazine rings is 1. The van der Waals surface area contributed by atoms with Gasteiger partial charge in [-0.1, -0.05) is 6.07 Å². The van der Waals surface area contributed by atoms with E-state index in [9.17, 15) is 0 Å². The average Bonchev–Trinajstić information content (AvgIpc) is 2.56. The maximum atomic E-state index is 5.60. The molecule has 0 unspecified atom stereocenters. The smallest absolute Gasteiger partial charge is 0.225 e. The third-order valence-electron chi connectivity index (χ3n) is 3.70. The van der Waals surface area contributed by atoms with Gasteiger partial charge in [0.25, 0.3) is 0 Å². The van der Waals surface area contributed by atoms with Gasteiger partial charge in [-0.3, -0.25) is 0 Å². The maximum Gasteiger partial charge on any atom is 0.225 e. The molecule has 1 fully saturated rings. The quantitative estimate of drug-likeness (QED) is 0.905. The van der Waals surface area contributed by atoms with E-state index < -0.39 is 0 Å². The molecule has 1 aliphatic heterocycles. The van der Waals surface area contributed by atoms with Gasteiger partial charge in [0.05, 0.1) is 0 Å². The van der Waals surface area contributed by atoms with E-state index in [2.05, 4.69) is 24.8 Å². The predicted octanol–water partition coefficient (Wildman–Crippen LogP) is 0.965. The second-order valence-corrected chi connectivity index (χ2v) is 5.26. The molecule has 0 aromatic carbocycles. The number of aryl methyl sites for hydroxylation is 1. The van der Waals surface area contributed by atoms with Gasteiger partial charge in [0.1, 0.15) is 5.82 Å². The number of nitrogens with zero attached hydrogens (tertiary/aromatic N) is 5. The molecular formula is C15H20N6. The number of hydrogen-bond donors (Lipinski definition) is 1. The predicted molar refractivity (Wildman–Crippen MR) is 83.3 cm³/mol. The Kier molecular flexibility index (Phi) is 3.96. The summed E-state index contributed by atoms with van der Waals surface area (Å²) in [7, 11) is 0. The summed E-state index contributed by atoms with van der Waals surface area (Å²) in [6, 6.07) is 4.08. The number of rotatable bonds is 3. The van der Waals surface area contributed by atoms with E-state index in [-0.39, 0.29) is 0 Å². The fourth-order valence-corrected chi connectivity index (χ4v) is 2.41. The van der Waals surface area contributed by atoms with Crippen LogP contribution in [0, 0.1) is 6.92 Å². The summed E-state index contributed by atoms with van der Waals surface area (Å²) in [5.41, 5.74) is 7.74. The van der Waals surface area contributed by atoms with Crippen molar-refractivity contribution in [3.8, 4) is 0 Å². The summed E-state index contributed by atoms with van der Waals surface area (Å²) in [6.07, 6.45) is 5.58. The van der Waals surface area contributed by atoms with E-state index in [0.29, 0.717) is 6.54 Å². The van der Waals surface area contributed by atoms with Crippen LogP contribution in [0.4, 0.5) is 11.8 Å². The van der Waals surface area contributed by atoms with Gasteiger partial charge in [-0.2, -0.15) is 0 Å². The highest BCUT2D eigenvalue weighted by atomic mass is 15.3. The van der Waals surface area contributed by atoms with Crippen molar-refractivity contribution in [3.63, 3.8) is 0 Å². The fraction of sp³-hybridized carbons (Fsp3) is 0.400. The van der Waals surface area contributed by atoms with E-state index in [0.717, 1.165) is 49.1 Å². The summed E-state index contributed by atoms with van der Waals surface area (Å²) in [4.78, 5) is 17.8. The van der Waals surface area contributed by atoms with Gasteiger partial charge in [-0.25, -0.2) is 15.0 Å². The van der Waals surface area contributed by atoms with Gasteiger partial charge in [0.15, 0.2) is 0 Å². The van der Waals surface area contributed by atoms with Crippen LogP contribution in [0.1, 0.15) is 11.1 Å². The third-order valence-corrected chi connectivity index (χ3v) is 3.70. The van der Waals surface area contributed by atoms with E-state index in [1.165, 1.54) is 0 Å². The number of aromatic nitrogens is 3. The zero-order valence-electron chi connectivity index (χ0n) is 12.2. The molecule has 21 heavy (non-hydrogen) atoms. The Bertz CT molecular complexity index is 572. The fourth-order valence-electron chi connectivity index (χ4n) is 2.41. The van der Waals surface area contributed by atoms with Crippen molar-refractivity contribution in [3.05, 3.63) is 41.9 Å². The van der Waals surface area contributed by atoms with Gasteiger partial charge in [0.2, 0.25) is 5.95 Å². The van der Waals surface area contributed by atoms with Crippen LogP contribution in [0.2, 0.25) is 0 Å². The normalized spacial score (nSPS) is 15.3. The zero-order valence-corrected chi connectivity index (χ0v) is 12.2. The lowest BCUT2D eigenvalue weighted by Crippen LogP contribution is -2.47. The lowest BCUT2D eigenvalue weighted by Gasteiger charge is -2.35. The second-order valence-electron chi connectivity index (χ2n) is 5.26. The van der Waals surface area contributed by atoms with Crippen LogP contribution in [0.15, 0.2) is 30.7 Å². The maximum absolute atomic E-state index is 5.60. The van der Waals surface area contributed by atoms with E-state index in [1.54, 1.807) is 0 Å². The van der Waals surface area contributed by atoms with Crippen LogP contribution in [0.3, 0.4) is 0 Å². The summed E-state index contributed by atoms with van der Waals surface area (Å²) in [5, 5.41) is 0. The van der Waals surface area contributed by atoms with Crippen molar-refractivity contribution in [1.29, 1.82) is 0 Å². The van der Waals surface area contributed by atoms with Crippen molar-refractivity contribution >= 4 is 11.8 Å². The molecule has 0 bridgehead atoms. The minimum Gasteiger partial charge on any atom is -0.353 e. The molecule has 0 amide bonds. The van der Waals surface area contributed by atoms with Crippen molar-refractivity contribution < 1.29 is 0 Å². The van der Waals surface area contributed by atoms with E-state index >= 15 is 0 Å². The van der Waals surface area contributed by atoms with Crippen molar-refractivity contribution in [2.24, 2.45) is 5.73 Å². The second kappa shape index (κ2) is 6.05. The first-order valence-corrected chi connectivity index (χ1v) is 7.20. The third kappa shape index (κ3) is 3.11. The Morgan fingerprint density at radius 1 is 0.952 bits per heavy atom. The number of anilines is 2. The Balaban J connectivity index is 1.62. The lowest BCUT2D eigenvalue weighted by molar-refractivity contribution is 0.634. The Labute approximate surface area is 124 Å². The van der Waals surface area contributed by atoms with Gasteiger partial charge in [-0.15, -0.1) is 0 Å². The van der Waals surface area contributed by atoms with Gasteiger partial charge in [-0.05, 0) is 24.1 Å². The molecule has 0 aliphatic carbocycles. The van der Waals surface area contributed by atoms with Gasteiger partial charge < -0.3 is 15.5 Å². The van der Waals surface area contributed by atoms with Crippen LogP contribution in [0.25, 0.3) is 0 Å². The Morgan fingerprint density at radius 3 is 2.19 bits per heavy atom. The summed E-state index contributed by atoms with van der Waals surface area (Å²) < 4.78 is 0. The topological polar surface area (TPSA) is 71.2 Å². The van der Waals surface area contributed by atoms with Crippen LogP contribution in [-0.2, 0) is 6.54 Å². The molecule has 6 heteroatoms. The standard InChI is InChI=1S/C15H20N6/c1-12-9-18-15(19-10-12)21-6-4-20(5-7-21)14-3-2-13(8-16)11-17-14/h2-3,9-11H,4-8,16H2,1H3. The molecule has 6 nitrogen and oxygen atoms in total. The van der Waals surface area contributed by atoms with Crippen LogP contribution in [0.5, 0.6) is 0 Å². The largest absolute Gasteiger partial charge is 0.353 e. The van der Waals surface area contributed by atoms with Crippen molar-refractivity contribution in [2.45, 2.75) is 13.5 Å². The molecule has 2 aromatic rings. The van der Waals surface area contributed by atoms with E-state index in [1.807, 2.05) is 37.6 Å². The number of pyridine rings is 1. The first-order chi connectivity index (χ1) is 10.3. The summed E-state index contributed by atoms with van der Waals surface area (Å²) in [5.74, 6) is 1.82. The minimum atomic E-state index is 0.534. The highest BCUT2D eigenvalue weighted by Crippen LogP contribution is 2.16. The monoisotopic (exact) mass is 284 g/mol. The van der Waals surface area contributed by atoms with Crippen LogP contribution < -0.4 is 15.5 Å². The average molecular weight is 284 g/mol. The summed E-state index contributed by atoms with van der Waals surface area (Å²) >= 11 is 0. The first-order valence-electron chi connectivity index (χ1n) is 7.20. The highest BCUT2D eigenvalue weighted by Gasteiger charge is 2.19. The first kappa shape index (κ1) is 13.8. The SMILES string of the molecule is Cc1cnc(N2CCN(c3ccc(CN)cn3)CC2)nc1. The molecule has 0 saturated carbocycles. The lowest BCUT2D eigenvalue weighted by atomic mass is 10.2. The molecule has 3 heterocycles. The molecule has 0 radical (unpaired) electrons.